The Hall–Kier alpha value is -0.0800. The highest BCUT2D eigenvalue weighted by atomic mass is 16.5. The summed E-state index contributed by atoms with van der Waals surface area (Å²) in [4.78, 5) is 0. The van der Waals surface area contributed by atoms with Gasteiger partial charge < -0.3 is 5.21 Å². The standard InChI is InChI=1S/C13H27NO.CH4/c1-9-11(3,4)10(2)13(7,8)14(15)12(9,5)6;/h9-10,15H,1-8H3;1H4. The molecule has 1 heterocycles. The minimum atomic E-state index is -0.167. The van der Waals surface area contributed by atoms with Crippen LogP contribution in [0.4, 0.5) is 0 Å². The molecule has 1 fully saturated rings. The van der Waals surface area contributed by atoms with E-state index in [0.29, 0.717) is 11.8 Å². The molecule has 1 aliphatic rings. The third-order valence-corrected chi connectivity index (χ3v) is 5.44. The van der Waals surface area contributed by atoms with E-state index in [1.807, 2.05) is 0 Å². The molecule has 0 amide bonds. The van der Waals surface area contributed by atoms with E-state index in [0.717, 1.165) is 0 Å². The van der Waals surface area contributed by atoms with Crippen LogP contribution in [0.5, 0.6) is 0 Å². The average molecular weight is 229 g/mol. The third kappa shape index (κ3) is 1.80. The summed E-state index contributed by atoms with van der Waals surface area (Å²) in [6.45, 7) is 17.7. The number of hydrogen-bond donors (Lipinski definition) is 1. The fourth-order valence-electron chi connectivity index (χ4n) is 3.31. The monoisotopic (exact) mass is 229 g/mol. The van der Waals surface area contributed by atoms with Crippen molar-refractivity contribution in [2.24, 2.45) is 17.3 Å². The summed E-state index contributed by atoms with van der Waals surface area (Å²) in [5.41, 5.74) is -0.0920. The molecule has 2 atom stereocenters. The molecule has 1 rings (SSSR count). The van der Waals surface area contributed by atoms with Gasteiger partial charge in [0, 0.05) is 11.1 Å². The Morgan fingerprint density at radius 1 is 0.812 bits per heavy atom. The second-order valence-electron chi connectivity index (χ2n) is 6.88. The largest absolute Gasteiger partial charge is 0.313 e. The number of nitrogens with zero attached hydrogens (tertiary/aromatic N) is 1. The lowest BCUT2D eigenvalue weighted by Crippen LogP contribution is -2.69. The van der Waals surface area contributed by atoms with Crippen LogP contribution in [0, 0.1) is 17.3 Å². The van der Waals surface area contributed by atoms with Crippen molar-refractivity contribution < 1.29 is 5.21 Å². The molecule has 1 saturated heterocycles. The van der Waals surface area contributed by atoms with Gasteiger partial charge in [-0.25, -0.2) is 0 Å². The molecule has 0 spiro atoms. The quantitative estimate of drug-likeness (QED) is 0.673. The summed E-state index contributed by atoms with van der Waals surface area (Å²) in [7, 11) is 0. The average Bonchev–Trinajstić information content (AvgIpc) is 2.12. The third-order valence-electron chi connectivity index (χ3n) is 5.44. The fourth-order valence-corrected chi connectivity index (χ4v) is 3.31. The van der Waals surface area contributed by atoms with Gasteiger partial charge in [-0.2, -0.15) is 5.06 Å². The van der Waals surface area contributed by atoms with Gasteiger partial charge in [-0.1, -0.05) is 35.1 Å². The van der Waals surface area contributed by atoms with Crippen LogP contribution in [0.2, 0.25) is 0 Å². The van der Waals surface area contributed by atoms with Crippen molar-refractivity contribution in [1.82, 2.24) is 5.06 Å². The zero-order valence-corrected chi connectivity index (χ0v) is 11.5. The van der Waals surface area contributed by atoms with Crippen LogP contribution in [0.25, 0.3) is 0 Å². The Morgan fingerprint density at radius 2 is 1.06 bits per heavy atom. The van der Waals surface area contributed by atoms with Crippen molar-refractivity contribution in [3.8, 4) is 0 Å². The van der Waals surface area contributed by atoms with Gasteiger partial charge in [0.1, 0.15) is 0 Å². The molecule has 1 aliphatic heterocycles. The molecule has 2 nitrogen and oxygen atoms in total. The first kappa shape index (κ1) is 15.9. The van der Waals surface area contributed by atoms with Gasteiger partial charge in [-0.15, -0.1) is 0 Å². The molecule has 0 aliphatic carbocycles. The molecule has 0 radical (unpaired) electrons. The highest BCUT2D eigenvalue weighted by Gasteiger charge is 2.57. The molecule has 16 heavy (non-hydrogen) atoms. The summed E-state index contributed by atoms with van der Waals surface area (Å²) in [6.07, 6.45) is 0. The molecule has 0 aromatic carbocycles. The molecule has 98 valence electrons. The summed E-state index contributed by atoms with van der Waals surface area (Å²) in [6, 6.07) is 0. The van der Waals surface area contributed by atoms with Gasteiger partial charge >= 0.3 is 0 Å². The summed E-state index contributed by atoms with van der Waals surface area (Å²) < 4.78 is 0. The van der Waals surface area contributed by atoms with Crippen molar-refractivity contribution >= 4 is 0 Å². The van der Waals surface area contributed by atoms with E-state index in [2.05, 4.69) is 55.4 Å². The Balaban J connectivity index is 0.00000225. The van der Waals surface area contributed by atoms with Crippen LogP contribution >= 0.6 is 0 Å². The molecule has 0 bridgehead atoms. The van der Waals surface area contributed by atoms with Gasteiger partial charge in [0.2, 0.25) is 0 Å². The summed E-state index contributed by atoms with van der Waals surface area (Å²) in [5, 5.41) is 11.9. The van der Waals surface area contributed by atoms with Crippen LogP contribution in [0.3, 0.4) is 0 Å². The lowest BCUT2D eigenvalue weighted by molar-refractivity contribution is -0.300. The fraction of sp³-hybridized carbons (Fsp3) is 1.00. The topological polar surface area (TPSA) is 23.5 Å². The van der Waals surface area contributed by atoms with Crippen LogP contribution in [-0.2, 0) is 0 Å². The van der Waals surface area contributed by atoms with Gasteiger partial charge in [-0.05, 0) is 44.9 Å². The summed E-state index contributed by atoms with van der Waals surface area (Å²) >= 11 is 0. The molecule has 2 unspecified atom stereocenters. The van der Waals surface area contributed by atoms with Crippen molar-refractivity contribution in [3.05, 3.63) is 0 Å². The van der Waals surface area contributed by atoms with E-state index < -0.39 is 0 Å². The smallest absolute Gasteiger partial charge is 0.0441 e. The lowest BCUT2D eigenvalue weighted by atomic mass is 9.55. The highest BCUT2D eigenvalue weighted by molar-refractivity contribution is 5.07. The highest BCUT2D eigenvalue weighted by Crippen LogP contribution is 2.53. The molecule has 1 N–H and O–H groups in total. The van der Waals surface area contributed by atoms with Crippen LogP contribution in [-0.4, -0.2) is 21.3 Å². The Bertz CT molecular complexity index is 195. The number of piperidine rings is 1. The van der Waals surface area contributed by atoms with Gasteiger partial charge in [0.05, 0.1) is 0 Å². The van der Waals surface area contributed by atoms with Crippen molar-refractivity contribution in [1.29, 1.82) is 0 Å². The van der Waals surface area contributed by atoms with E-state index in [1.54, 1.807) is 5.06 Å². The van der Waals surface area contributed by atoms with Crippen molar-refractivity contribution in [3.63, 3.8) is 0 Å². The van der Waals surface area contributed by atoms with E-state index in [4.69, 9.17) is 0 Å². The second kappa shape index (κ2) is 3.99. The molecule has 0 aromatic rings. The van der Waals surface area contributed by atoms with E-state index in [1.165, 1.54) is 0 Å². The lowest BCUT2D eigenvalue weighted by Gasteiger charge is -2.62. The first-order valence-corrected chi connectivity index (χ1v) is 5.96. The zero-order chi connectivity index (χ0) is 12.2. The molecular formula is C14H31NO. The van der Waals surface area contributed by atoms with E-state index in [9.17, 15) is 5.21 Å². The molecule has 2 heteroatoms. The predicted molar refractivity (Wildman–Crippen MR) is 70.6 cm³/mol. The predicted octanol–water partition coefficient (Wildman–Crippen LogP) is 4.18. The zero-order valence-electron chi connectivity index (χ0n) is 11.5. The Kier molecular flexibility index (Phi) is 3.97. The minimum Gasteiger partial charge on any atom is -0.313 e. The van der Waals surface area contributed by atoms with Gasteiger partial charge in [0.15, 0.2) is 0 Å². The number of hydroxylamine groups is 2. The van der Waals surface area contributed by atoms with Crippen LogP contribution in [0.1, 0.15) is 62.8 Å². The maximum atomic E-state index is 10.4. The van der Waals surface area contributed by atoms with Crippen molar-refractivity contribution in [2.45, 2.75) is 73.9 Å². The van der Waals surface area contributed by atoms with Gasteiger partial charge in [-0.3, -0.25) is 0 Å². The maximum Gasteiger partial charge on any atom is 0.0441 e. The second-order valence-corrected chi connectivity index (χ2v) is 6.88. The summed E-state index contributed by atoms with van der Waals surface area (Å²) in [5.74, 6) is 0.913. The number of hydrogen-bond acceptors (Lipinski definition) is 2. The van der Waals surface area contributed by atoms with Gasteiger partial charge in [0.25, 0.3) is 0 Å². The van der Waals surface area contributed by atoms with E-state index in [-0.39, 0.29) is 23.9 Å². The Labute approximate surface area is 102 Å². The first-order valence-electron chi connectivity index (χ1n) is 5.96. The molecular weight excluding hydrogens is 198 g/mol. The molecule has 0 saturated carbocycles. The SMILES string of the molecule is C.CC1C(C)(C)C(C)C(C)(C)N(O)C1(C)C. The first-order chi connectivity index (χ1) is 6.46. The normalized spacial score (nSPS) is 36.6. The maximum absolute atomic E-state index is 10.4. The number of rotatable bonds is 0. The van der Waals surface area contributed by atoms with Crippen LogP contribution in [0.15, 0.2) is 0 Å². The van der Waals surface area contributed by atoms with E-state index >= 15 is 0 Å². The van der Waals surface area contributed by atoms with Crippen molar-refractivity contribution in [2.75, 3.05) is 0 Å². The van der Waals surface area contributed by atoms with Crippen LogP contribution < -0.4 is 0 Å². The molecule has 0 aromatic heterocycles. The Morgan fingerprint density at radius 3 is 1.31 bits per heavy atom. The minimum absolute atomic E-state index is 0.